The smallest absolute Gasteiger partial charge is 0.0531 e. The molecular weight excluding hydrogens is 352 g/mol. The molecule has 1 aliphatic carbocycles. The molecule has 0 spiro atoms. The van der Waals surface area contributed by atoms with Crippen molar-refractivity contribution in [3.8, 4) is 11.1 Å². The van der Waals surface area contributed by atoms with E-state index in [0.29, 0.717) is 0 Å². The average molecular weight is 385 g/mol. The summed E-state index contributed by atoms with van der Waals surface area (Å²) < 4.78 is 0. The van der Waals surface area contributed by atoms with E-state index in [1.165, 1.54) is 55.9 Å². The van der Waals surface area contributed by atoms with Crippen molar-refractivity contribution in [2.24, 2.45) is 0 Å². The van der Waals surface area contributed by atoms with Gasteiger partial charge in [-0.3, -0.25) is 0 Å². The van der Waals surface area contributed by atoms with Gasteiger partial charge in [0.15, 0.2) is 0 Å². The van der Waals surface area contributed by atoms with E-state index in [-0.39, 0.29) is 11.1 Å². The average Bonchev–Trinajstić information content (AvgIpc) is 2.98. The summed E-state index contributed by atoms with van der Waals surface area (Å²) in [5, 5.41) is 0. The summed E-state index contributed by atoms with van der Waals surface area (Å²) in [6.07, 6.45) is 5.82. The number of rotatable bonds is 0. The molecule has 0 radical (unpaired) electrons. The van der Waals surface area contributed by atoms with Crippen molar-refractivity contribution >= 4 is 22.5 Å². The van der Waals surface area contributed by atoms with Crippen LogP contribution in [0.4, 0.5) is 11.4 Å². The summed E-state index contributed by atoms with van der Waals surface area (Å²) >= 11 is 0. The van der Waals surface area contributed by atoms with E-state index in [2.05, 4.69) is 102 Å². The molecule has 2 heteroatoms. The maximum Gasteiger partial charge on any atom is 0.0531 e. The van der Waals surface area contributed by atoms with Crippen LogP contribution in [0.3, 0.4) is 0 Å². The fourth-order valence-electron chi connectivity index (χ4n) is 5.48. The summed E-state index contributed by atoms with van der Waals surface area (Å²) in [5.41, 5.74) is 14.1. The SMILES string of the molecule is CC1=CC(C)(C)N(C)c2cc3c(cc21)-c1cc2c(cc1C3)N(C)C(C)(C)C=C2C. The monoisotopic (exact) mass is 384 g/mol. The lowest BCUT2D eigenvalue weighted by atomic mass is 9.86. The van der Waals surface area contributed by atoms with E-state index in [1.807, 2.05) is 0 Å². The van der Waals surface area contributed by atoms with Crippen molar-refractivity contribution in [3.05, 3.63) is 58.7 Å². The van der Waals surface area contributed by atoms with Crippen LogP contribution in [0.15, 0.2) is 36.4 Å². The number of benzene rings is 2. The minimum atomic E-state index is 0.0477. The van der Waals surface area contributed by atoms with Crippen molar-refractivity contribution in [1.29, 1.82) is 0 Å². The van der Waals surface area contributed by atoms with Crippen molar-refractivity contribution in [3.63, 3.8) is 0 Å². The second kappa shape index (κ2) is 5.56. The Morgan fingerprint density at radius 1 is 0.621 bits per heavy atom. The summed E-state index contributed by atoms with van der Waals surface area (Å²) in [4.78, 5) is 4.85. The number of hydrogen-bond acceptors (Lipinski definition) is 2. The highest BCUT2D eigenvalue weighted by Crippen LogP contribution is 2.48. The molecule has 2 aromatic rings. The molecule has 3 aliphatic rings. The van der Waals surface area contributed by atoms with Crippen LogP contribution >= 0.6 is 0 Å². The molecule has 0 saturated heterocycles. The summed E-state index contributed by atoms with van der Waals surface area (Å²) in [6.45, 7) is 13.7. The zero-order valence-electron chi connectivity index (χ0n) is 19.1. The van der Waals surface area contributed by atoms with E-state index in [9.17, 15) is 0 Å². The molecule has 0 bridgehead atoms. The second-order valence-corrected chi connectivity index (χ2v) is 10.3. The highest BCUT2D eigenvalue weighted by molar-refractivity contribution is 5.92. The predicted octanol–water partition coefficient (Wildman–Crippen LogP) is 6.52. The maximum atomic E-state index is 2.44. The van der Waals surface area contributed by atoms with E-state index in [4.69, 9.17) is 0 Å². The van der Waals surface area contributed by atoms with Crippen LogP contribution in [0.5, 0.6) is 0 Å². The molecule has 0 aromatic heterocycles. The molecule has 0 fully saturated rings. The van der Waals surface area contributed by atoms with E-state index in [0.717, 1.165) is 6.42 Å². The Hall–Kier alpha value is -2.48. The van der Waals surface area contributed by atoms with Crippen molar-refractivity contribution in [2.45, 2.75) is 59.0 Å². The Morgan fingerprint density at radius 3 is 1.38 bits per heavy atom. The van der Waals surface area contributed by atoms with Gasteiger partial charge >= 0.3 is 0 Å². The number of allylic oxidation sites excluding steroid dienone is 2. The molecule has 2 aliphatic heterocycles. The van der Waals surface area contributed by atoms with Crippen LogP contribution in [0.2, 0.25) is 0 Å². The molecule has 2 aromatic carbocycles. The van der Waals surface area contributed by atoms with Gasteiger partial charge in [-0.15, -0.1) is 0 Å². The highest BCUT2D eigenvalue weighted by atomic mass is 15.2. The lowest BCUT2D eigenvalue weighted by Crippen LogP contribution is -2.42. The lowest BCUT2D eigenvalue weighted by molar-refractivity contribution is 0.597. The van der Waals surface area contributed by atoms with Gasteiger partial charge in [-0.1, -0.05) is 12.2 Å². The third kappa shape index (κ3) is 2.48. The minimum absolute atomic E-state index is 0.0477. The maximum absolute atomic E-state index is 2.44. The molecule has 0 unspecified atom stereocenters. The molecule has 0 saturated carbocycles. The van der Waals surface area contributed by atoms with Gasteiger partial charge in [0.1, 0.15) is 0 Å². The van der Waals surface area contributed by atoms with Crippen LogP contribution in [-0.2, 0) is 6.42 Å². The Morgan fingerprint density at radius 2 is 1.00 bits per heavy atom. The van der Waals surface area contributed by atoms with Crippen LogP contribution in [0.1, 0.15) is 63.8 Å². The number of fused-ring (bicyclic) bond motifs is 5. The Balaban J connectivity index is 1.69. The van der Waals surface area contributed by atoms with Crippen molar-refractivity contribution < 1.29 is 0 Å². The molecule has 2 heterocycles. The van der Waals surface area contributed by atoms with Crippen LogP contribution < -0.4 is 9.80 Å². The first kappa shape index (κ1) is 18.5. The molecule has 29 heavy (non-hydrogen) atoms. The summed E-state index contributed by atoms with van der Waals surface area (Å²) in [6, 6.07) is 9.77. The van der Waals surface area contributed by atoms with E-state index in [1.54, 1.807) is 0 Å². The van der Waals surface area contributed by atoms with Crippen LogP contribution in [0.25, 0.3) is 22.3 Å². The zero-order valence-corrected chi connectivity index (χ0v) is 19.1. The van der Waals surface area contributed by atoms with Gasteiger partial charge in [0.05, 0.1) is 11.1 Å². The Kier molecular flexibility index (Phi) is 3.56. The van der Waals surface area contributed by atoms with Gasteiger partial charge in [0, 0.05) is 36.6 Å². The normalized spacial score (nSPS) is 20.4. The minimum Gasteiger partial charge on any atom is -0.365 e. The van der Waals surface area contributed by atoms with Crippen LogP contribution in [0, 0.1) is 0 Å². The zero-order chi connectivity index (χ0) is 20.9. The first-order valence-corrected chi connectivity index (χ1v) is 10.7. The van der Waals surface area contributed by atoms with E-state index < -0.39 is 0 Å². The lowest BCUT2D eigenvalue weighted by Gasteiger charge is -2.41. The van der Waals surface area contributed by atoms with Crippen LogP contribution in [-0.4, -0.2) is 25.2 Å². The van der Waals surface area contributed by atoms with Gasteiger partial charge in [-0.25, -0.2) is 0 Å². The third-order valence-electron chi connectivity index (χ3n) is 7.55. The fourth-order valence-corrected chi connectivity index (χ4v) is 5.48. The fraction of sp³-hybridized carbons (Fsp3) is 0.407. The third-order valence-corrected chi connectivity index (χ3v) is 7.55. The van der Waals surface area contributed by atoms with Gasteiger partial charge in [-0.05, 0) is 106 Å². The first-order chi connectivity index (χ1) is 13.5. The molecular formula is C27H32N2. The van der Waals surface area contributed by atoms with Crippen molar-refractivity contribution in [2.75, 3.05) is 23.9 Å². The van der Waals surface area contributed by atoms with Gasteiger partial charge in [0.25, 0.3) is 0 Å². The van der Waals surface area contributed by atoms with Gasteiger partial charge in [0.2, 0.25) is 0 Å². The molecule has 2 nitrogen and oxygen atoms in total. The van der Waals surface area contributed by atoms with Crippen molar-refractivity contribution in [1.82, 2.24) is 0 Å². The summed E-state index contributed by atoms with van der Waals surface area (Å²) in [7, 11) is 4.44. The number of anilines is 2. The number of likely N-dealkylation sites (N-methyl/N-ethyl adjacent to an activating group) is 2. The highest BCUT2D eigenvalue weighted by Gasteiger charge is 2.33. The van der Waals surface area contributed by atoms with E-state index >= 15 is 0 Å². The molecule has 0 N–H and O–H groups in total. The standard InChI is InChI=1S/C27H32N2/c1-16-14-26(3,4)28(7)24-10-18-9-19-11-25-21(13-23(19)22(18)12-20(16)24)17(2)15-27(5,6)29(25)8/h10-15H,9H2,1-8H3. The van der Waals surface area contributed by atoms with Gasteiger partial charge < -0.3 is 9.80 Å². The molecule has 0 atom stereocenters. The first-order valence-electron chi connectivity index (χ1n) is 10.7. The molecule has 150 valence electrons. The largest absolute Gasteiger partial charge is 0.365 e. The number of hydrogen-bond donors (Lipinski definition) is 0. The topological polar surface area (TPSA) is 6.48 Å². The predicted molar refractivity (Wildman–Crippen MR) is 127 cm³/mol. The molecule has 0 amide bonds. The molecule has 5 rings (SSSR count). The Labute approximate surface area is 175 Å². The van der Waals surface area contributed by atoms with Gasteiger partial charge in [-0.2, -0.15) is 0 Å². The second-order valence-electron chi connectivity index (χ2n) is 10.3. The number of nitrogens with zero attached hydrogens (tertiary/aromatic N) is 2. The summed E-state index contributed by atoms with van der Waals surface area (Å²) in [5.74, 6) is 0. The quantitative estimate of drug-likeness (QED) is 0.435. The Bertz CT molecular complexity index is 1040.